The quantitative estimate of drug-likeness (QED) is 0.809. The number of nitrogens with two attached hydrogens (primary N) is 1. The first kappa shape index (κ1) is 15.9. The van der Waals surface area contributed by atoms with Crippen LogP contribution in [-0.4, -0.2) is 41.9 Å². The topological polar surface area (TPSA) is 64.8 Å². The molecular formula is C18H24N2O3. The number of benzene rings is 1. The van der Waals surface area contributed by atoms with Crippen LogP contribution in [0.1, 0.15) is 32.8 Å². The van der Waals surface area contributed by atoms with Crippen LogP contribution >= 0.6 is 0 Å². The molecular weight excluding hydrogens is 292 g/mol. The smallest absolute Gasteiger partial charge is 0.411 e. The highest BCUT2D eigenvalue weighted by atomic mass is 16.6. The van der Waals surface area contributed by atoms with Crippen molar-refractivity contribution in [2.24, 2.45) is 0 Å². The summed E-state index contributed by atoms with van der Waals surface area (Å²) in [6.07, 6.45) is 2.62. The van der Waals surface area contributed by atoms with Crippen LogP contribution in [0.25, 0.3) is 5.57 Å². The van der Waals surface area contributed by atoms with Gasteiger partial charge in [0.1, 0.15) is 5.60 Å². The molecule has 2 N–H and O–H groups in total. The average Bonchev–Trinajstić information content (AvgIpc) is 2.44. The Kier molecular flexibility index (Phi) is 4.06. The van der Waals surface area contributed by atoms with E-state index in [1.807, 2.05) is 49.9 Å². The molecule has 1 saturated heterocycles. The number of ether oxygens (including phenoxy) is 2. The lowest BCUT2D eigenvalue weighted by molar-refractivity contribution is -0.0510. The summed E-state index contributed by atoms with van der Waals surface area (Å²) in [6.45, 7) is 6.71. The van der Waals surface area contributed by atoms with Gasteiger partial charge >= 0.3 is 6.09 Å². The molecule has 0 saturated carbocycles. The lowest BCUT2D eigenvalue weighted by Crippen LogP contribution is -2.57. The van der Waals surface area contributed by atoms with Gasteiger partial charge in [-0.25, -0.2) is 4.79 Å². The molecule has 2 unspecified atom stereocenters. The largest absolute Gasteiger partial charge is 0.444 e. The highest BCUT2D eigenvalue weighted by molar-refractivity contribution is 5.75. The van der Waals surface area contributed by atoms with E-state index in [0.29, 0.717) is 13.2 Å². The predicted octanol–water partition coefficient (Wildman–Crippen LogP) is 3.06. The second-order valence-corrected chi connectivity index (χ2v) is 7.16. The van der Waals surface area contributed by atoms with Crippen molar-refractivity contribution in [2.75, 3.05) is 18.9 Å². The monoisotopic (exact) mass is 316 g/mol. The zero-order valence-electron chi connectivity index (χ0n) is 13.9. The number of carbonyl (C=O) groups is 1. The number of hydrogen-bond donors (Lipinski definition) is 1. The SMILES string of the molecule is CC(C)(C)OC(=O)N1C2C=C(c3ccc(N)cc3)CC1COC2. The molecule has 23 heavy (non-hydrogen) atoms. The van der Waals surface area contributed by atoms with Crippen molar-refractivity contribution in [2.45, 2.75) is 44.9 Å². The van der Waals surface area contributed by atoms with Gasteiger partial charge in [-0.05, 0) is 50.5 Å². The average molecular weight is 316 g/mol. The second-order valence-electron chi connectivity index (χ2n) is 7.16. The van der Waals surface area contributed by atoms with E-state index in [-0.39, 0.29) is 18.2 Å². The molecule has 0 aliphatic carbocycles. The fourth-order valence-corrected chi connectivity index (χ4v) is 3.11. The summed E-state index contributed by atoms with van der Waals surface area (Å²) in [6, 6.07) is 7.80. The fourth-order valence-electron chi connectivity index (χ4n) is 3.11. The molecule has 2 aliphatic heterocycles. The van der Waals surface area contributed by atoms with Crippen molar-refractivity contribution >= 4 is 17.4 Å². The number of anilines is 1. The summed E-state index contributed by atoms with van der Waals surface area (Å²) >= 11 is 0. The molecule has 0 spiro atoms. The normalized spacial score (nSPS) is 24.1. The van der Waals surface area contributed by atoms with Crippen molar-refractivity contribution in [3.8, 4) is 0 Å². The van der Waals surface area contributed by atoms with Crippen molar-refractivity contribution < 1.29 is 14.3 Å². The van der Waals surface area contributed by atoms with E-state index in [1.165, 1.54) is 5.57 Å². The highest BCUT2D eigenvalue weighted by Gasteiger charge is 2.40. The third-order valence-electron chi connectivity index (χ3n) is 4.08. The van der Waals surface area contributed by atoms with Gasteiger partial charge in [0.2, 0.25) is 0 Å². The summed E-state index contributed by atoms with van der Waals surface area (Å²) < 4.78 is 11.2. The van der Waals surface area contributed by atoms with E-state index in [2.05, 4.69) is 6.08 Å². The second kappa shape index (κ2) is 5.89. The molecule has 2 heterocycles. The minimum absolute atomic E-state index is 0.0150. The van der Waals surface area contributed by atoms with E-state index >= 15 is 0 Å². The Balaban J connectivity index is 1.84. The third-order valence-corrected chi connectivity index (χ3v) is 4.08. The van der Waals surface area contributed by atoms with Crippen LogP contribution < -0.4 is 5.73 Å². The van der Waals surface area contributed by atoms with Crippen molar-refractivity contribution in [1.29, 1.82) is 0 Å². The van der Waals surface area contributed by atoms with Gasteiger partial charge in [-0.15, -0.1) is 0 Å². The number of fused-ring (bicyclic) bond motifs is 2. The molecule has 2 aliphatic rings. The Bertz CT molecular complexity index is 616. The molecule has 0 radical (unpaired) electrons. The van der Waals surface area contributed by atoms with E-state index in [1.54, 1.807) is 0 Å². The first-order chi connectivity index (χ1) is 10.8. The number of rotatable bonds is 1. The molecule has 3 rings (SSSR count). The Hall–Kier alpha value is -2.01. The predicted molar refractivity (Wildman–Crippen MR) is 89.9 cm³/mol. The van der Waals surface area contributed by atoms with E-state index in [4.69, 9.17) is 15.2 Å². The van der Waals surface area contributed by atoms with Crippen LogP contribution in [0.3, 0.4) is 0 Å². The Morgan fingerprint density at radius 1 is 1.26 bits per heavy atom. The molecule has 0 aromatic heterocycles. The zero-order valence-corrected chi connectivity index (χ0v) is 13.9. The van der Waals surface area contributed by atoms with Crippen LogP contribution in [0, 0.1) is 0 Å². The molecule has 1 fully saturated rings. The van der Waals surface area contributed by atoms with Gasteiger partial charge in [-0.1, -0.05) is 18.2 Å². The maximum Gasteiger partial charge on any atom is 0.411 e. The molecule has 5 heteroatoms. The lowest BCUT2D eigenvalue weighted by Gasteiger charge is -2.44. The molecule has 5 nitrogen and oxygen atoms in total. The molecule has 124 valence electrons. The maximum atomic E-state index is 12.5. The number of nitrogen functional groups attached to an aromatic ring is 1. The maximum absolute atomic E-state index is 12.5. The number of nitrogens with zero attached hydrogens (tertiary/aromatic N) is 1. The summed E-state index contributed by atoms with van der Waals surface area (Å²) in [4.78, 5) is 14.3. The first-order valence-corrected chi connectivity index (χ1v) is 7.99. The van der Waals surface area contributed by atoms with Crippen LogP contribution in [0.15, 0.2) is 30.3 Å². The Morgan fingerprint density at radius 3 is 2.57 bits per heavy atom. The van der Waals surface area contributed by atoms with Crippen molar-refractivity contribution in [3.05, 3.63) is 35.9 Å². The van der Waals surface area contributed by atoms with E-state index in [0.717, 1.165) is 17.7 Å². The molecule has 2 atom stereocenters. The summed E-state index contributed by atoms with van der Waals surface area (Å²) in [5, 5.41) is 0. The molecule has 1 aromatic carbocycles. The van der Waals surface area contributed by atoms with Crippen molar-refractivity contribution in [1.82, 2.24) is 4.90 Å². The zero-order chi connectivity index (χ0) is 16.6. The number of hydrogen-bond acceptors (Lipinski definition) is 4. The van der Waals surface area contributed by atoms with Gasteiger partial charge in [-0.2, -0.15) is 0 Å². The van der Waals surface area contributed by atoms with Gasteiger partial charge in [0, 0.05) is 5.69 Å². The number of carbonyl (C=O) groups excluding carboxylic acids is 1. The van der Waals surface area contributed by atoms with Gasteiger partial charge in [0.15, 0.2) is 0 Å². The van der Waals surface area contributed by atoms with Gasteiger partial charge in [0.25, 0.3) is 0 Å². The molecule has 2 bridgehead atoms. The summed E-state index contributed by atoms with van der Waals surface area (Å²) in [5.41, 5.74) is 8.41. The Labute approximate surface area is 137 Å². The van der Waals surface area contributed by atoms with Gasteiger partial charge in [0.05, 0.1) is 25.3 Å². The number of morpholine rings is 1. The fraction of sp³-hybridized carbons (Fsp3) is 0.500. The van der Waals surface area contributed by atoms with E-state index < -0.39 is 5.60 Å². The first-order valence-electron chi connectivity index (χ1n) is 7.99. The summed E-state index contributed by atoms with van der Waals surface area (Å²) in [7, 11) is 0. The van der Waals surface area contributed by atoms with Crippen LogP contribution in [0.2, 0.25) is 0 Å². The minimum Gasteiger partial charge on any atom is -0.444 e. The Morgan fingerprint density at radius 2 is 1.96 bits per heavy atom. The highest BCUT2D eigenvalue weighted by Crippen LogP contribution is 2.33. The van der Waals surface area contributed by atoms with Crippen LogP contribution in [0.5, 0.6) is 0 Å². The van der Waals surface area contributed by atoms with Crippen LogP contribution in [-0.2, 0) is 9.47 Å². The number of amides is 1. The van der Waals surface area contributed by atoms with Crippen molar-refractivity contribution in [3.63, 3.8) is 0 Å². The lowest BCUT2D eigenvalue weighted by atomic mass is 9.90. The minimum atomic E-state index is -0.493. The van der Waals surface area contributed by atoms with Crippen LogP contribution in [0.4, 0.5) is 10.5 Å². The molecule has 1 amide bonds. The summed E-state index contributed by atoms with van der Waals surface area (Å²) in [5.74, 6) is 0. The standard InChI is InChI=1S/C18H24N2O3/c1-18(2,3)23-17(21)20-15-8-13(9-16(20)11-22-10-15)12-4-6-14(19)7-5-12/h4-8,15-16H,9-11,19H2,1-3H3. The van der Waals surface area contributed by atoms with Gasteiger partial charge in [-0.3, -0.25) is 4.90 Å². The van der Waals surface area contributed by atoms with E-state index in [9.17, 15) is 4.79 Å². The van der Waals surface area contributed by atoms with Gasteiger partial charge < -0.3 is 15.2 Å². The third kappa shape index (κ3) is 3.50. The molecule has 1 aromatic rings.